The van der Waals surface area contributed by atoms with Gasteiger partial charge in [0.25, 0.3) is 0 Å². The van der Waals surface area contributed by atoms with Crippen molar-refractivity contribution in [1.29, 1.82) is 0 Å². The summed E-state index contributed by atoms with van der Waals surface area (Å²) >= 11 is 0. The van der Waals surface area contributed by atoms with Crippen LogP contribution < -0.4 is 4.72 Å². The molecule has 6 heteroatoms. The van der Waals surface area contributed by atoms with Gasteiger partial charge in [0.15, 0.2) is 0 Å². The second kappa shape index (κ2) is 8.56. The molecule has 1 aromatic heterocycles. The quantitative estimate of drug-likeness (QED) is 0.651. The highest BCUT2D eigenvalue weighted by Crippen LogP contribution is 2.14. The Morgan fingerprint density at radius 1 is 1.24 bits per heavy atom. The molecule has 0 aromatic carbocycles. The molecule has 2 N–H and O–H groups in total. The van der Waals surface area contributed by atoms with Crippen LogP contribution >= 0.6 is 0 Å². The van der Waals surface area contributed by atoms with Gasteiger partial charge >= 0.3 is 0 Å². The van der Waals surface area contributed by atoms with E-state index in [2.05, 4.69) is 18.6 Å². The zero-order valence-electron chi connectivity index (χ0n) is 13.3. The van der Waals surface area contributed by atoms with Crippen LogP contribution in [0.1, 0.15) is 51.6 Å². The second-order valence-electron chi connectivity index (χ2n) is 5.93. The molecule has 0 bridgehead atoms. The lowest BCUT2D eigenvalue weighted by atomic mass is 10.0. The van der Waals surface area contributed by atoms with E-state index in [0.717, 1.165) is 25.2 Å². The number of hydrogen-bond donors (Lipinski definition) is 2. The number of aryl methyl sites for hydroxylation is 1. The van der Waals surface area contributed by atoms with Crippen LogP contribution in [0.5, 0.6) is 0 Å². The molecule has 0 spiro atoms. The summed E-state index contributed by atoms with van der Waals surface area (Å²) in [5.41, 5.74) is 0.587. The highest BCUT2D eigenvalue weighted by atomic mass is 32.2. The van der Waals surface area contributed by atoms with Crippen LogP contribution in [0.25, 0.3) is 0 Å². The Labute approximate surface area is 128 Å². The minimum absolute atomic E-state index is 0.165. The average Bonchev–Trinajstić information content (AvgIpc) is 2.79. The van der Waals surface area contributed by atoms with Crippen molar-refractivity contribution in [2.75, 3.05) is 6.54 Å². The van der Waals surface area contributed by atoms with Crippen LogP contribution in [0.3, 0.4) is 0 Å². The van der Waals surface area contributed by atoms with E-state index in [-0.39, 0.29) is 11.5 Å². The van der Waals surface area contributed by atoms with Gasteiger partial charge in [0, 0.05) is 25.5 Å². The van der Waals surface area contributed by atoms with E-state index < -0.39 is 10.0 Å². The molecule has 1 rings (SSSR count). The Kier molecular flexibility index (Phi) is 7.42. The van der Waals surface area contributed by atoms with Crippen molar-refractivity contribution < 1.29 is 13.5 Å². The van der Waals surface area contributed by atoms with Gasteiger partial charge in [-0.05, 0) is 18.4 Å². The maximum atomic E-state index is 12.1. The van der Waals surface area contributed by atoms with Crippen molar-refractivity contribution >= 4 is 10.0 Å². The zero-order chi connectivity index (χ0) is 15.9. The SMILES string of the molecule is CC(C)CCCCCCNS(=O)(=O)c1cc(CO)n(C)c1. The normalized spacial score (nSPS) is 12.2. The number of aliphatic hydroxyl groups excluding tert-OH is 1. The molecule has 0 aliphatic carbocycles. The predicted octanol–water partition coefficient (Wildman–Crippen LogP) is 2.40. The Balaban J connectivity index is 2.33. The lowest BCUT2D eigenvalue weighted by Gasteiger charge is -2.06. The summed E-state index contributed by atoms with van der Waals surface area (Å²) in [4.78, 5) is 0.217. The summed E-state index contributed by atoms with van der Waals surface area (Å²) in [6, 6.07) is 1.50. The highest BCUT2D eigenvalue weighted by molar-refractivity contribution is 7.89. The standard InChI is InChI=1S/C15H28N2O3S/c1-13(2)8-6-4-5-7-9-16-21(19,20)15-10-14(12-18)17(3)11-15/h10-11,13,16,18H,4-9,12H2,1-3H3. The maximum Gasteiger partial charge on any atom is 0.242 e. The number of unbranched alkanes of at least 4 members (excludes halogenated alkanes) is 3. The monoisotopic (exact) mass is 316 g/mol. The lowest BCUT2D eigenvalue weighted by molar-refractivity contribution is 0.272. The molecule has 0 unspecified atom stereocenters. The van der Waals surface area contributed by atoms with Gasteiger partial charge in [0.1, 0.15) is 0 Å². The Morgan fingerprint density at radius 2 is 1.90 bits per heavy atom. The molecule has 0 aliphatic heterocycles. The molecule has 0 amide bonds. The average molecular weight is 316 g/mol. The first-order valence-electron chi connectivity index (χ1n) is 7.62. The van der Waals surface area contributed by atoms with Crippen LogP contribution in [-0.4, -0.2) is 24.6 Å². The first kappa shape index (κ1) is 18.2. The second-order valence-corrected chi connectivity index (χ2v) is 7.70. The number of rotatable bonds is 10. The number of aromatic nitrogens is 1. The minimum atomic E-state index is -3.46. The Hall–Kier alpha value is -0.850. The van der Waals surface area contributed by atoms with Crippen LogP contribution in [0.4, 0.5) is 0 Å². The molecule has 1 aromatic rings. The molecular formula is C15H28N2O3S. The number of aliphatic hydroxyl groups is 1. The number of sulfonamides is 1. The Morgan fingerprint density at radius 3 is 2.48 bits per heavy atom. The third-order valence-corrected chi connectivity index (χ3v) is 4.98. The van der Waals surface area contributed by atoms with Crippen molar-refractivity contribution in [3.63, 3.8) is 0 Å². The third kappa shape index (κ3) is 6.20. The molecule has 0 fully saturated rings. The van der Waals surface area contributed by atoms with E-state index >= 15 is 0 Å². The van der Waals surface area contributed by atoms with Gasteiger partial charge in [0.2, 0.25) is 10.0 Å². The molecule has 5 nitrogen and oxygen atoms in total. The number of hydrogen-bond acceptors (Lipinski definition) is 3. The van der Waals surface area contributed by atoms with Gasteiger partial charge < -0.3 is 9.67 Å². The first-order valence-corrected chi connectivity index (χ1v) is 9.11. The largest absolute Gasteiger partial charge is 0.390 e. The number of nitrogens with zero attached hydrogens (tertiary/aromatic N) is 1. The van der Waals surface area contributed by atoms with Crippen LogP contribution in [-0.2, 0) is 23.7 Å². The van der Waals surface area contributed by atoms with Crippen molar-refractivity contribution in [2.45, 2.75) is 57.5 Å². The molecule has 0 saturated carbocycles. The maximum absolute atomic E-state index is 12.1. The fraction of sp³-hybridized carbons (Fsp3) is 0.733. The molecule has 122 valence electrons. The molecule has 0 saturated heterocycles. The van der Waals surface area contributed by atoms with Crippen molar-refractivity contribution in [2.24, 2.45) is 13.0 Å². The van der Waals surface area contributed by atoms with E-state index in [9.17, 15) is 8.42 Å². The zero-order valence-corrected chi connectivity index (χ0v) is 14.1. The molecule has 1 heterocycles. The van der Waals surface area contributed by atoms with Crippen molar-refractivity contribution in [1.82, 2.24) is 9.29 Å². The van der Waals surface area contributed by atoms with Crippen molar-refractivity contribution in [3.05, 3.63) is 18.0 Å². The van der Waals surface area contributed by atoms with Gasteiger partial charge in [-0.1, -0.05) is 39.5 Å². The van der Waals surface area contributed by atoms with E-state index in [4.69, 9.17) is 5.11 Å². The summed E-state index contributed by atoms with van der Waals surface area (Å²) in [5, 5.41) is 9.10. The predicted molar refractivity (Wildman–Crippen MR) is 84.4 cm³/mol. The Bertz CT molecular complexity index is 521. The van der Waals surface area contributed by atoms with Gasteiger partial charge in [-0.3, -0.25) is 0 Å². The van der Waals surface area contributed by atoms with E-state index in [1.807, 2.05) is 0 Å². The van der Waals surface area contributed by atoms with Gasteiger partial charge in [0.05, 0.1) is 11.5 Å². The van der Waals surface area contributed by atoms with E-state index in [1.165, 1.54) is 25.1 Å². The highest BCUT2D eigenvalue weighted by Gasteiger charge is 2.16. The van der Waals surface area contributed by atoms with Crippen LogP contribution in [0.15, 0.2) is 17.2 Å². The van der Waals surface area contributed by atoms with Crippen LogP contribution in [0, 0.1) is 5.92 Å². The summed E-state index contributed by atoms with van der Waals surface area (Å²) in [5.74, 6) is 0.738. The fourth-order valence-corrected chi connectivity index (χ4v) is 3.37. The van der Waals surface area contributed by atoms with E-state index in [1.54, 1.807) is 11.6 Å². The lowest BCUT2D eigenvalue weighted by Crippen LogP contribution is -2.24. The summed E-state index contributed by atoms with van der Waals surface area (Å²) < 4.78 is 28.4. The minimum Gasteiger partial charge on any atom is -0.390 e. The topological polar surface area (TPSA) is 71.3 Å². The number of nitrogens with one attached hydrogen (secondary N) is 1. The van der Waals surface area contributed by atoms with E-state index in [0.29, 0.717) is 12.2 Å². The third-order valence-electron chi connectivity index (χ3n) is 3.56. The first-order chi connectivity index (χ1) is 9.86. The van der Waals surface area contributed by atoms with Gasteiger partial charge in [-0.15, -0.1) is 0 Å². The van der Waals surface area contributed by atoms with Gasteiger partial charge in [-0.25, -0.2) is 13.1 Å². The molecule has 0 radical (unpaired) electrons. The molecule has 0 atom stereocenters. The van der Waals surface area contributed by atoms with Crippen LogP contribution in [0.2, 0.25) is 0 Å². The smallest absolute Gasteiger partial charge is 0.242 e. The summed E-state index contributed by atoms with van der Waals surface area (Å²) in [7, 11) is -1.74. The van der Waals surface area contributed by atoms with Gasteiger partial charge in [-0.2, -0.15) is 0 Å². The summed E-state index contributed by atoms with van der Waals surface area (Å²) in [6.07, 6.45) is 7.03. The fourth-order valence-electron chi connectivity index (χ4n) is 2.20. The summed E-state index contributed by atoms with van der Waals surface area (Å²) in [6.45, 7) is 4.73. The van der Waals surface area contributed by atoms with Crippen molar-refractivity contribution in [3.8, 4) is 0 Å². The molecule has 21 heavy (non-hydrogen) atoms. The molecular weight excluding hydrogens is 288 g/mol. The molecule has 0 aliphatic rings.